The maximum absolute atomic E-state index is 13.0. The summed E-state index contributed by atoms with van der Waals surface area (Å²) in [7, 11) is 0. The van der Waals surface area contributed by atoms with Crippen LogP contribution in [0.25, 0.3) is 11.0 Å². The summed E-state index contributed by atoms with van der Waals surface area (Å²) in [6.45, 7) is 9.47. The molecule has 124 valence electrons. The van der Waals surface area contributed by atoms with Gasteiger partial charge in [-0.1, -0.05) is 11.3 Å². The average molecular weight is 322 g/mol. The summed E-state index contributed by atoms with van der Waals surface area (Å²) in [4.78, 5) is 14.8. The smallest absolute Gasteiger partial charge is 0.258 e. The van der Waals surface area contributed by atoms with E-state index in [1.54, 1.807) is 4.90 Å². The molecule has 2 aromatic carbocycles. The molecule has 3 rings (SSSR count). The Morgan fingerprint density at radius 2 is 1.79 bits per heavy atom. The van der Waals surface area contributed by atoms with E-state index in [1.807, 2.05) is 62.7 Å². The number of carbonyl (C=O) groups excluding carboxylic acids is 1. The van der Waals surface area contributed by atoms with E-state index < -0.39 is 0 Å². The number of hydrogen-bond acceptors (Lipinski definition) is 3. The Kier molecular flexibility index (Phi) is 4.34. The van der Waals surface area contributed by atoms with Gasteiger partial charge in [0.15, 0.2) is 0 Å². The minimum atomic E-state index is -0.0181. The van der Waals surface area contributed by atoms with Crippen molar-refractivity contribution in [3.8, 4) is 0 Å². The molecule has 0 aliphatic rings. The van der Waals surface area contributed by atoms with Gasteiger partial charge in [0, 0.05) is 24.3 Å². The first-order chi connectivity index (χ1) is 11.5. The predicted molar refractivity (Wildman–Crippen MR) is 96.5 cm³/mol. The summed E-state index contributed by atoms with van der Waals surface area (Å²) in [6.07, 6.45) is 0. The molecule has 0 saturated carbocycles. The molecule has 0 aliphatic heterocycles. The molecule has 0 bridgehead atoms. The molecule has 5 nitrogen and oxygen atoms in total. The number of anilines is 1. The highest BCUT2D eigenvalue weighted by molar-refractivity contribution is 6.07. The maximum atomic E-state index is 13.0. The van der Waals surface area contributed by atoms with Crippen molar-refractivity contribution in [3.05, 3.63) is 53.1 Å². The molecule has 5 heteroatoms. The molecule has 0 unspecified atom stereocenters. The van der Waals surface area contributed by atoms with Crippen LogP contribution in [-0.2, 0) is 6.54 Å². The highest BCUT2D eigenvalue weighted by Gasteiger charge is 2.18. The molecule has 0 aliphatic carbocycles. The number of hydrogen-bond donors (Lipinski definition) is 0. The van der Waals surface area contributed by atoms with Gasteiger partial charge in [-0.05, 0) is 69.2 Å². The van der Waals surface area contributed by atoms with Crippen LogP contribution in [0.3, 0.4) is 0 Å². The fraction of sp³-hybridized carbons (Fsp3) is 0.316. The van der Waals surface area contributed by atoms with Gasteiger partial charge in [0.25, 0.3) is 5.91 Å². The highest BCUT2D eigenvalue weighted by Crippen LogP contribution is 2.22. The number of rotatable bonds is 4. The lowest BCUT2D eigenvalue weighted by atomic mass is 10.1. The minimum Gasteiger partial charge on any atom is -0.309 e. The molecule has 1 amide bonds. The number of nitrogens with zero attached hydrogens (tertiary/aromatic N) is 4. The standard InChI is InChI=1S/C19H22N4O/c1-5-22(16-10-13(3)9-14(4)11-16)19(24)15-7-8-18-17(12-15)20-21-23(18)6-2/h7-12H,5-6H2,1-4H3. The molecule has 0 spiro atoms. The van der Waals surface area contributed by atoms with Crippen molar-refractivity contribution in [1.29, 1.82) is 0 Å². The summed E-state index contributed by atoms with van der Waals surface area (Å²) in [5.74, 6) is -0.0181. The van der Waals surface area contributed by atoms with Crippen LogP contribution >= 0.6 is 0 Å². The zero-order valence-electron chi connectivity index (χ0n) is 14.6. The van der Waals surface area contributed by atoms with Gasteiger partial charge in [0.2, 0.25) is 0 Å². The van der Waals surface area contributed by atoms with E-state index in [4.69, 9.17) is 0 Å². The van der Waals surface area contributed by atoms with Crippen LogP contribution in [-0.4, -0.2) is 27.4 Å². The molecule has 1 aromatic heterocycles. The second-order valence-electron chi connectivity index (χ2n) is 6.00. The van der Waals surface area contributed by atoms with E-state index in [0.29, 0.717) is 12.1 Å². The Morgan fingerprint density at radius 3 is 2.42 bits per heavy atom. The zero-order valence-corrected chi connectivity index (χ0v) is 14.6. The predicted octanol–water partition coefficient (Wildman–Crippen LogP) is 3.73. The second kappa shape index (κ2) is 6.43. The summed E-state index contributed by atoms with van der Waals surface area (Å²) in [5, 5.41) is 8.26. The van der Waals surface area contributed by atoms with E-state index in [-0.39, 0.29) is 5.91 Å². The first-order valence-electron chi connectivity index (χ1n) is 8.27. The number of aromatic nitrogens is 3. The molecular formula is C19H22N4O. The van der Waals surface area contributed by atoms with Crippen LogP contribution in [0.4, 0.5) is 5.69 Å². The highest BCUT2D eigenvalue weighted by atomic mass is 16.2. The van der Waals surface area contributed by atoms with Gasteiger partial charge in [-0.15, -0.1) is 5.10 Å². The SMILES string of the molecule is CCN(C(=O)c1ccc2c(c1)nnn2CC)c1cc(C)cc(C)c1. The Morgan fingerprint density at radius 1 is 1.08 bits per heavy atom. The lowest BCUT2D eigenvalue weighted by molar-refractivity contribution is 0.0988. The summed E-state index contributed by atoms with van der Waals surface area (Å²) in [6, 6.07) is 11.8. The van der Waals surface area contributed by atoms with Crippen molar-refractivity contribution in [2.24, 2.45) is 0 Å². The van der Waals surface area contributed by atoms with Crippen LogP contribution in [0.1, 0.15) is 35.3 Å². The average Bonchev–Trinajstić information content (AvgIpc) is 2.96. The number of benzene rings is 2. The third kappa shape index (κ3) is 2.89. The Bertz CT molecular complexity index is 877. The first kappa shape index (κ1) is 16.2. The minimum absolute atomic E-state index is 0.0181. The van der Waals surface area contributed by atoms with Crippen molar-refractivity contribution >= 4 is 22.6 Å². The largest absolute Gasteiger partial charge is 0.309 e. The van der Waals surface area contributed by atoms with E-state index >= 15 is 0 Å². The van der Waals surface area contributed by atoms with E-state index in [0.717, 1.165) is 34.4 Å². The lowest BCUT2D eigenvalue weighted by Gasteiger charge is -2.22. The molecule has 1 heterocycles. The molecule has 0 fully saturated rings. The molecule has 24 heavy (non-hydrogen) atoms. The molecule has 0 atom stereocenters. The van der Waals surface area contributed by atoms with Gasteiger partial charge in [-0.3, -0.25) is 4.79 Å². The van der Waals surface area contributed by atoms with Crippen molar-refractivity contribution in [3.63, 3.8) is 0 Å². The van der Waals surface area contributed by atoms with Crippen molar-refractivity contribution in [1.82, 2.24) is 15.0 Å². The summed E-state index contributed by atoms with van der Waals surface area (Å²) in [5.41, 5.74) is 5.56. The quantitative estimate of drug-likeness (QED) is 0.735. The molecule has 0 saturated heterocycles. The number of aryl methyl sites for hydroxylation is 3. The van der Waals surface area contributed by atoms with Crippen LogP contribution in [0.5, 0.6) is 0 Å². The van der Waals surface area contributed by atoms with Crippen molar-refractivity contribution < 1.29 is 4.79 Å². The van der Waals surface area contributed by atoms with Gasteiger partial charge in [0.05, 0.1) is 5.52 Å². The third-order valence-corrected chi connectivity index (χ3v) is 4.14. The topological polar surface area (TPSA) is 51.0 Å². The van der Waals surface area contributed by atoms with E-state index in [1.165, 1.54) is 0 Å². The van der Waals surface area contributed by atoms with Crippen LogP contribution in [0.2, 0.25) is 0 Å². The monoisotopic (exact) mass is 322 g/mol. The normalized spacial score (nSPS) is 11.0. The van der Waals surface area contributed by atoms with Crippen LogP contribution in [0.15, 0.2) is 36.4 Å². The maximum Gasteiger partial charge on any atom is 0.258 e. The summed E-state index contributed by atoms with van der Waals surface area (Å²) >= 11 is 0. The lowest BCUT2D eigenvalue weighted by Crippen LogP contribution is -2.30. The van der Waals surface area contributed by atoms with Gasteiger partial charge in [0.1, 0.15) is 5.52 Å². The van der Waals surface area contributed by atoms with Gasteiger partial charge >= 0.3 is 0 Å². The Hall–Kier alpha value is -2.69. The molecule has 3 aromatic rings. The summed E-state index contributed by atoms with van der Waals surface area (Å²) < 4.78 is 1.82. The van der Waals surface area contributed by atoms with Gasteiger partial charge in [-0.25, -0.2) is 4.68 Å². The fourth-order valence-electron chi connectivity index (χ4n) is 3.04. The van der Waals surface area contributed by atoms with Crippen LogP contribution in [0, 0.1) is 13.8 Å². The first-order valence-corrected chi connectivity index (χ1v) is 8.27. The molecule has 0 radical (unpaired) electrons. The van der Waals surface area contributed by atoms with Crippen molar-refractivity contribution in [2.45, 2.75) is 34.2 Å². The zero-order chi connectivity index (χ0) is 17.3. The van der Waals surface area contributed by atoms with Crippen LogP contribution < -0.4 is 4.90 Å². The number of fused-ring (bicyclic) bond motifs is 1. The number of carbonyl (C=O) groups is 1. The van der Waals surface area contributed by atoms with Gasteiger partial charge < -0.3 is 4.90 Å². The van der Waals surface area contributed by atoms with Crippen molar-refractivity contribution in [2.75, 3.05) is 11.4 Å². The fourth-order valence-corrected chi connectivity index (χ4v) is 3.04. The van der Waals surface area contributed by atoms with Gasteiger partial charge in [-0.2, -0.15) is 0 Å². The number of amides is 1. The van der Waals surface area contributed by atoms with E-state index in [9.17, 15) is 4.79 Å². The van der Waals surface area contributed by atoms with E-state index in [2.05, 4.69) is 16.4 Å². The Labute approximate surface area is 141 Å². The molecule has 0 N–H and O–H groups in total. The second-order valence-corrected chi connectivity index (χ2v) is 6.00. The Balaban J connectivity index is 1.99. The molecular weight excluding hydrogens is 300 g/mol. The third-order valence-electron chi connectivity index (χ3n) is 4.14.